The summed E-state index contributed by atoms with van der Waals surface area (Å²) in [5, 5.41) is 6.25. The number of fused-ring (bicyclic) bond motifs is 1. The molecule has 116 valence electrons. The molecule has 0 radical (unpaired) electrons. The van der Waals surface area contributed by atoms with Crippen molar-refractivity contribution in [1.82, 2.24) is 14.8 Å². The molecule has 3 rings (SSSR count). The zero-order chi connectivity index (χ0) is 15.5. The van der Waals surface area contributed by atoms with Crippen molar-refractivity contribution in [1.29, 1.82) is 0 Å². The second-order valence-electron chi connectivity index (χ2n) is 6.26. The van der Waals surface area contributed by atoms with E-state index >= 15 is 0 Å². The second-order valence-corrected chi connectivity index (χ2v) is 20.5. The van der Waals surface area contributed by atoms with E-state index in [4.69, 9.17) is 9.84 Å². The molecule has 0 amide bonds. The molecule has 0 bridgehead atoms. The summed E-state index contributed by atoms with van der Waals surface area (Å²) in [6.07, 6.45) is 3.97. The summed E-state index contributed by atoms with van der Waals surface area (Å²) < 4.78 is 8.99. The van der Waals surface area contributed by atoms with Crippen LogP contribution in [0.25, 0.3) is 11.0 Å². The van der Waals surface area contributed by atoms with Gasteiger partial charge in [0.25, 0.3) is 0 Å². The molecule has 1 aliphatic heterocycles. The Labute approximate surface area is 131 Å². The number of hydrogen-bond donors (Lipinski definition) is 0. The Morgan fingerprint density at radius 2 is 1.86 bits per heavy atom. The van der Waals surface area contributed by atoms with Crippen molar-refractivity contribution in [3.8, 4) is 0 Å². The monoisotopic (exact) mass is 397 g/mol. The van der Waals surface area contributed by atoms with Crippen molar-refractivity contribution >= 4 is 33.1 Å². The number of nitrogens with zero attached hydrogens (tertiary/aromatic N) is 3. The fourth-order valence-electron chi connectivity index (χ4n) is 2.71. The molecule has 0 aromatic carbocycles. The number of ether oxygens (including phenoxy) is 1. The first kappa shape index (κ1) is 16.7. The van der Waals surface area contributed by atoms with Gasteiger partial charge in [-0.2, -0.15) is 0 Å². The molecule has 2 aromatic rings. The third-order valence-corrected chi connectivity index (χ3v) is 8.82. The summed E-state index contributed by atoms with van der Waals surface area (Å²) in [6.45, 7) is 5.68. The molecule has 0 unspecified atom stereocenters. The van der Waals surface area contributed by atoms with Crippen molar-refractivity contribution in [3.05, 3.63) is 18.3 Å². The molecule has 1 saturated heterocycles. The molecular formula is C16H27N3OSn. The first-order valence-corrected chi connectivity index (χ1v) is 18.0. The van der Waals surface area contributed by atoms with Crippen LogP contribution in [0.5, 0.6) is 0 Å². The Morgan fingerprint density at radius 3 is 2.48 bits per heavy atom. The molecule has 2 aromatic heterocycles. The molecule has 5 heteroatoms. The van der Waals surface area contributed by atoms with Crippen molar-refractivity contribution in [2.75, 3.05) is 13.2 Å². The standard InChI is InChI=1S/C11H12N3O.C2H6.3CH3.Sn/c1-2-9-8-13-14(11(9)12-5-1)10-3-6-15-7-4-10;1-2;;;;/h1-2,5,10H,3-4,6-7H2;1-2H3;3*1H3;. The van der Waals surface area contributed by atoms with Crippen LogP contribution in [0.4, 0.5) is 0 Å². The third-order valence-electron chi connectivity index (χ3n) is 3.71. The van der Waals surface area contributed by atoms with E-state index in [1.165, 1.54) is 9.10 Å². The van der Waals surface area contributed by atoms with Crippen LogP contribution in [-0.2, 0) is 4.74 Å². The molecule has 0 saturated carbocycles. The van der Waals surface area contributed by atoms with Crippen LogP contribution in [0.1, 0.15) is 32.7 Å². The van der Waals surface area contributed by atoms with Crippen LogP contribution < -0.4 is 3.71 Å². The van der Waals surface area contributed by atoms with Gasteiger partial charge in [0, 0.05) is 0 Å². The number of hydrogen-bond acceptors (Lipinski definition) is 3. The molecule has 0 spiro atoms. The van der Waals surface area contributed by atoms with E-state index in [0.717, 1.165) is 31.7 Å². The van der Waals surface area contributed by atoms with Gasteiger partial charge in [-0.25, -0.2) is 0 Å². The maximum absolute atomic E-state index is 5.46. The van der Waals surface area contributed by atoms with Gasteiger partial charge in [0.1, 0.15) is 0 Å². The predicted octanol–water partition coefficient (Wildman–Crippen LogP) is 3.35. The van der Waals surface area contributed by atoms with Crippen molar-refractivity contribution in [3.63, 3.8) is 0 Å². The topological polar surface area (TPSA) is 39.9 Å². The van der Waals surface area contributed by atoms with Gasteiger partial charge in [-0.05, 0) is 0 Å². The zero-order valence-electron chi connectivity index (χ0n) is 13.9. The molecular weight excluding hydrogens is 369 g/mol. The molecule has 0 atom stereocenters. The molecule has 1 aliphatic rings. The van der Waals surface area contributed by atoms with Crippen LogP contribution >= 0.6 is 0 Å². The number of pyridine rings is 1. The van der Waals surface area contributed by atoms with E-state index in [1.807, 2.05) is 26.1 Å². The molecule has 0 aliphatic carbocycles. The van der Waals surface area contributed by atoms with Gasteiger partial charge in [0.2, 0.25) is 0 Å². The first-order valence-electron chi connectivity index (χ1n) is 7.99. The third kappa shape index (κ3) is 3.59. The SMILES string of the molecule is CC.[CH3][Sn]([CH3])([CH3])[c]1nn(C2CCOCC2)c2ncccc12. The van der Waals surface area contributed by atoms with Crippen LogP contribution in [0.2, 0.25) is 14.8 Å². The Bertz CT molecular complexity index is 583. The van der Waals surface area contributed by atoms with Gasteiger partial charge in [-0.3, -0.25) is 0 Å². The molecule has 4 nitrogen and oxygen atoms in total. The summed E-state index contributed by atoms with van der Waals surface area (Å²) in [4.78, 5) is 11.8. The fraction of sp³-hybridized carbons (Fsp3) is 0.625. The van der Waals surface area contributed by atoms with Gasteiger partial charge in [0.05, 0.1) is 0 Å². The predicted molar refractivity (Wildman–Crippen MR) is 90.9 cm³/mol. The van der Waals surface area contributed by atoms with Crippen LogP contribution in [0.3, 0.4) is 0 Å². The van der Waals surface area contributed by atoms with Gasteiger partial charge in [-0.1, -0.05) is 13.8 Å². The minimum absolute atomic E-state index is 0.452. The number of aromatic nitrogens is 3. The van der Waals surface area contributed by atoms with Gasteiger partial charge >= 0.3 is 118 Å². The molecule has 0 N–H and O–H groups in total. The van der Waals surface area contributed by atoms with Crippen LogP contribution in [-0.4, -0.2) is 46.4 Å². The van der Waals surface area contributed by atoms with E-state index in [-0.39, 0.29) is 0 Å². The van der Waals surface area contributed by atoms with Crippen molar-refractivity contribution in [2.45, 2.75) is 47.5 Å². The Hall–Kier alpha value is -0.621. The Morgan fingerprint density at radius 1 is 1.19 bits per heavy atom. The van der Waals surface area contributed by atoms with Crippen molar-refractivity contribution < 1.29 is 4.74 Å². The molecule has 3 heterocycles. The Balaban J connectivity index is 0.000000774. The van der Waals surface area contributed by atoms with E-state index < -0.39 is 18.4 Å². The van der Waals surface area contributed by atoms with E-state index in [0.29, 0.717) is 6.04 Å². The molecule has 1 fully saturated rings. The Kier molecular flexibility index (Phi) is 5.66. The summed E-state index contributed by atoms with van der Waals surface area (Å²) in [6, 6.07) is 4.66. The van der Waals surface area contributed by atoms with Crippen molar-refractivity contribution in [2.24, 2.45) is 0 Å². The number of rotatable bonds is 2. The summed E-state index contributed by atoms with van der Waals surface area (Å²) in [5.41, 5.74) is 1.07. The summed E-state index contributed by atoms with van der Waals surface area (Å²) in [5.74, 6) is 0. The van der Waals surface area contributed by atoms with Crippen LogP contribution in [0, 0.1) is 0 Å². The van der Waals surface area contributed by atoms with E-state index in [1.54, 1.807) is 0 Å². The van der Waals surface area contributed by atoms with Gasteiger partial charge < -0.3 is 0 Å². The average Bonchev–Trinajstić information content (AvgIpc) is 2.90. The quantitative estimate of drug-likeness (QED) is 0.732. The summed E-state index contributed by atoms with van der Waals surface area (Å²) >= 11 is -2.20. The normalized spacial score (nSPS) is 16.6. The second kappa shape index (κ2) is 7.09. The fourth-order valence-corrected chi connectivity index (χ4v) is 6.74. The maximum atomic E-state index is 5.46. The van der Waals surface area contributed by atoms with Gasteiger partial charge in [-0.15, -0.1) is 0 Å². The average molecular weight is 396 g/mol. The minimum atomic E-state index is -2.20. The molecule has 21 heavy (non-hydrogen) atoms. The summed E-state index contributed by atoms with van der Waals surface area (Å²) in [7, 11) is 0. The van der Waals surface area contributed by atoms with Crippen LogP contribution in [0.15, 0.2) is 18.3 Å². The zero-order valence-corrected chi connectivity index (χ0v) is 16.7. The van der Waals surface area contributed by atoms with E-state index in [9.17, 15) is 0 Å². The van der Waals surface area contributed by atoms with Gasteiger partial charge in [0.15, 0.2) is 0 Å². The van der Waals surface area contributed by atoms with E-state index in [2.05, 4.69) is 30.6 Å². The first-order chi connectivity index (χ1) is 10.1.